The van der Waals surface area contributed by atoms with Crippen LogP contribution in [0.4, 0.5) is 0 Å². The first-order valence-corrected chi connectivity index (χ1v) is 14.5. The van der Waals surface area contributed by atoms with Gasteiger partial charge >= 0.3 is 11.9 Å². The minimum Gasteiger partial charge on any atom is -0.478 e. The maximum atomic E-state index is 11.5. The van der Waals surface area contributed by atoms with Gasteiger partial charge in [0.15, 0.2) is 0 Å². The molecule has 6 aromatic rings. The summed E-state index contributed by atoms with van der Waals surface area (Å²) in [6.45, 7) is 0. The van der Waals surface area contributed by atoms with Crippen LogP contribution >= 0.6 is 0 Å². The van der Waals surface area contributed by atoms with Gasteiger partial charge in [0.2, 0.25) is 0 Å². The van der Waals surface area contributed by atoms with Crippen molar-refractivity contribution >= 4 is 11.9 Å². The number of hydrogen-bond donors (Lipinski definition) is 2. The lowest BCUT2D eigenvalue weighted by Crippen LogP contribution is -2.35. The smallest absolute Gasteiger partial charge is 0.335 e. The molecule has 0 bridgehead atoms. The van der Waals surface area contributed by atoms with E-state index in [9.17, 15) is 19.8 Å². The second kappa shape index (κ2) is 11.6. The molecule has 7 heteroatoms. The number of carbonyl (C=O) groups is 2. The fourth-order valence-corrected chi connectivity index (χ4v) is 6.04. The van der Waals surface area contributed by atoms with Crippen molar-refractivity contribution in [3.05, 3.63) is 179 Å². The van der Waals surface area contributed by atoms with Gasteiger partial charge in [-0.15, -0.1) is 0 Å². The maximum Gasteiger partial charge on any atom is 0.335 e. The fraction of sp³-hybridized carbons (Fsp3) is 0.0256. The van der Waals surface area contributed by atoms with E-state index in [2.05, 4.69) is 0 Å². The molecular weight excluding hydrogens is 580 g/mol. The van der Waals surface area contributed by atoms with Crippen molar-refractivity contribution in [3.8, 4) is 34.5 Å². The number of carboxylic acids is 2. The van der Waals surface area contributed by atoms with Crippen molar-refractivity contribution in [2.24, 2.45) is 0 Å². The number of aromatic carboxylic acids is 2. The fourth-order valence-electron chi connectivity index (χ4n) is 6.04. The molecule has 1 heterocycles. The molecular formula is C39H26O7. The normalized spacial score (nSPS) is 12.6. The van der Waals surface area contributed by atoms with Gasteiger partial charge in [0.25, 0.3) is 0 Å². The zero-order valence-electron chi connectivity index (χ0n) is 24.3. The van der Waals surface area contributed by atoms with E-state index < -0.39 is 17.4 Å². The van der Waals surface area contributed by atoms with Crippen LogP contribution in [0.25, 0.3) is 0 Å². The summed E-state index contributed by atoms with van der Waals surface area (Å²) in [7, 11) is 0. The third-order valence-corrected chi connectivity index (χ3v) is 8.04. The first kappa shape index (κ1) is 28.4. The number of benzene rings is 6. The van der Waals surface area contributed by atoms with Crippen LogP contribution in [0, 0.1) is 0 Å². The quantitative estimate of drug-likeness (QED) is 0.178. The molecule has 1 aliphatic heterocycles. The van der Waals surface area contributed by atoms with Gasteiger partial charge in [0.05, 0.1) is 16.5 Å². The van der Waals surface area contributed by atoms with E-state index in [4.69, 9.17) is 14.2 Å². The van der Waals surface area contributed by atoms with E-state index in [0.29, 0.717) is 34.5 Å². The average Bonchev–Trinajstić information content (AvgIpc) is 3.08. The number of carboxylic acid groups (broad SMARTS) is 2. The summed E-state index contributed by atoms with van der Waals surface area (Å²) in [5, 5.41) is 18.8. The molecule has 224 valence electrons. The summed E-state index contributed by atoms with van der Waals surface area (Å²) in [6, 6.07) is 43.8. The topological polar surface area (TPSA) is 102 Å². The third kappa shape index (κ3) is 4.90. The average molecular weight is 607 g/mol. The minimum absolute atomic E-state index is 0.159. The number of hydrogen-bond acceptors (Lipinski definition) is 5. The molecule has 0 aromatic heterocycles. The van der Waals surface area contributed by atoms with Gasteiger partial charge in [-0.05, 0) is 72.8 Å². The van der Waals surface area contributed by atoms with E-state index >= 15 is 0 Å². The van der Waals surface area contributed by atoms with Gasteiger partial charge in [-0.1, -0.05) is 72.8 Å². The molecule has 0 spiro atoms. The Hall–Kier alpha value is -6.34. The van der Waals surface area contributed by atoms with Crippen LogP contribution < -0.4 is 14.2 Å². The van der Waals surface area contributed by atoms with E-state index in [1.54, 1.807) is 24.3 Å². The molecule has 0 aliphatic carbocycles. The van der Waals surface area contributed by atoms with E-state index in [-0.39, 0.29) is 11.1 Å². The van der Waals surface area contributed by atoms with Crippen LogP contribution in [0.2, 0.25) is 0 Å². The van der Waals surface area contributed by atoms with Gasteiger partial charge in [-0.25, -0.2) is 9.59 Å². The Balaban J connectivity index is 1.48. The second-order valence-corrected chi connectivity index (χ2v) is 10.7. The number of ether oxygens (including phenoxy) is 3. The van der Waals surface area contributed by atoms with E-state index in [1.165, 1.54) is 24.3 Å². The lowest BCUT2D eigenvalue weighted by atomic mass is 9.63. The van der Waals surface area contributed by atoms with Crippen LogP contribution in [0.1, 0.15) is 43.0 Å². The predicted octanol–water partition coefficient (Wildman–Crippen LogP) is 9.16. The second-order valence-electron chi connectivity index (χ2n) is 10.7. The summed E-state index contributed by atoms with van der Waals surface area (Å²) < 4.78 is 19.5. The number of rotatable bonds is 8. The molecule has 0 radical (unpaired) electrons. The SMILES string of the molecule is O=C(O)c1ccc(Oc2ccccc2C2(c3ccccc3Oc3ccc(C(=O)O)cc3)c3ccccc3Oc3ccccc32)cc1. The highest BCUT2D eigenvalue weighted by molar-refractivity contribution is 5.88. The Labute approximate surface area is 264 Å². The van der Waals surface area contributed by atoms with Gasteiger partial charge in [-0.2, -0.15) is 0 Å². The van der Waals surface area contributed by atoms with Gasteiger partial charge in [0.1, 0.15) is 34.5 Å². The van der Waals surface area contributed by atoms with Gasteiger partial charge in [-0.3, -0.25) is 0 Å². The van der Waals surface area contributed by atoms with Crippen LogP contribution in [-0.2, 0) is 5.41 Å². The van der Waals surface area contributed by atoms with E-state index in [1.807, 2.05) is 97.1 Å². The molecule has 0 fully saturated rings. The summed E-state index contributed by atoms with van der Waals surface area (Å²) in [4.78, 5) is 23.0. The molecule has 46 heavy (non-hydrogen) atoms. The molecule has 6 aromatic carbocycles. The van der Waals surface area contributed by atoms with Crippen molar-refractivity contribution in [1.29, 1.82) is 0 Å². The molecule has 0 atom stereocenters. The highest BCUT2D eigenvalue weighted by Gasteiger charge is 2.48. The monoisotopic (exact) mass is 606 g/mol. The highest BCUT2D eigenvalue weighted by atomic mass is 16.5. The lowest BCUT2D eigenvalue weighted by Gasteiger charge is -2.42. The Morgan fingerprint density at radius 2 is 0.804 bits per heavy atom. The summed E-state index contributed by atoms with van der Waals surface area (Å²) in [6.07, 6.45) is 0. The molecule has 0 saturated heterocycles. The van der Waals surface area contributed by atoms with Crippen molar-refractivity contribution < 1.29 is 34.0 Å². The molecule has 0 unspecified atom stereocenters. The van der Waals surface area contributed by atoms with Crippen LogP contribution in [-0.4, -0.2) is 22.2 Å². The largest absolute Gasteiger partial charge is 0.478 e. The molecule has 0 saturated carbocycles. The Morgan fingerprint density at radius 1 is 0.457 bits per heavy atom. The van der Waals surface area contributed by atoms with Crippen LogP contribution in [0.5, 0.6) is 34.5 Å². The Morgan fingerprint density at radius 3 is 1.20 bits per heavy atom. The van der Waals surface area contributed by atoms with Gasteiger partial charge in [0, 0.05) is 22.3 Å². The number of para-hydroxylation sites is 4. The van der Waals surface area contributed by atoms with Crippen molar-refractivity contribution in [1.82, 2.24) is 0 Å². The molecule has 7 rings (SSSR count). The highest BCUT2D eigenvalue weighted by Crippen LogP contribution is 2.59. The van der Waals surface area contributed by atoms with Crippen molar-refractivity contribution in [3.63, 3.8) is 0 Å². The summed E-state index contributed by atoms with van der Waals surface area (Å²) >= 11 is 0. The minimum atomic E-state index is -1.02. The lowest BCUT2D eigenvalue weighted by molar-refractivity contribution is 0.0686. The Kier molecular flexibility index (Phi) is 7.19. The predicted molar refractivity (Wildman–Crippen MR) is 172 cm³/mol. The molecule has 1 aliphatic rings. The zero-order chi connectivity index (χ0) is 31.7. The maximum absolute atomic E-state index is 11.5. The summed E-state index contributed by atoms with van der Waals surface area (Å²) in [5.74, 6) is 1.36. The molecule has 2 N–H and O–H groups in total. The van der Waals surface area contributed by atoms with Gasteiger partial charge < -0.3 is 24.4 Å². The standard InChI is InChI=1S/C39H26O7/c40-37(41)25-17-21-27(22-18-25)44-33-13-5-1-9-29(33)39(31-11-3-7-15-35(31)46-36-16-8-4-12-32(36)39)30-10-2-6-14-34(30)45-28-23-19-26(20-24-28)38(42)43/h1-24H,(H,40,41)(H,42,43). The molecule has 7 nitrogen and oxygen atoms in total. The Bertz CT molecular complexity index is 1930. The first-order chi connectivity index (χ1) is 22.4. The molecule has 0 amide bonds. The first-order valence-electron chi connectivity index (χ1n) is 14.5. The zero-order valence-corrected chi connectivity index (χ0v) is 24.3. The third-order valence-electron chi connectivity index (χ3n) is 8.04. The van der Waals surface area contributed by atoms with Crippen LogP contribution in [0.3, 0.4) is 0 Å². The summed E-state index contributed by atoms with van der Waals surface area (Å²) in [5.41, 5.74) is 2.64. The van der Waals surface area contributed by atoms with Crippen molar-refractivity contribution in [2.45, 2.75) is 5.41 Å². The number of fused-ring (bicyclic) bond motifs is 2. The van der Waals surface area contributed by atoms with Crippen molar-refractivity contribution in [2.75, 3.05) is 0 Å². The van der Waals surface area contributed by atoms with E-state index in [0.717, 1.165) is 22.3 Å². The van der Waals surface area contributed by atoms with Crippen LogP contribution in [0.15, 0.2) is 146 Å².